The van der Waals surface area contributed by atoms with Crippen LogP contribution in [0.1, 0.15) is 25.0 Å². The molecule has 0 saturated heterocycles. The molecular formula is C15H16N2O4S. The van der Waals surface area contributed by atoms with Gasteiger partial charge in [-0.2, -0.15) is 0 Å². The van der Waals surface area contributed by atoms with Gasteiger partial charge in [0.1, 0.15) is 6.26 Å². The van der Waals surface area contributed by atoms with E-state index >= 15 is 0 Å². The minimum Gasteiger partial charge on any atom is -0.481 e. The Morgan fingerprint density at radius 3 is 3.05 bits per heavy atom. The summed E-state index contributed by atoms with van der Waals surface area (Å²) in [7, 11) is 0. The molecule has 0 radical (unpaired) electrons. The van der Waals surface area contributed by atoms with Crippen molar-refractivity contribution < 1.29 is 19.1 Å². The summed E-state index contributed by atoms with van der Waals surface area (Å²) in [5.74, 6) is -1.04. The number of hydrogen-bond acceptors (Lipinski definition) is 5. The van der Waals surface area contributed by atoms with Gasteiger partial charge in [0.25, 0.3) is 0 Å². The van der Waals surface area contributed by atoms with Gasteiger partial charge >= 0.3 is 5.97 Å². The third-order valence-corrected chi connectivity index (χ3v) is 4.66. The lowest BCUT2D eigenvalue weighted by Crippen LogP contribution is -2.40. The van der Waals surface area contributed by atoms with Crippen LogP contribution in [0.2, 0.25) is 0 Å². The summed E-state index contributed by atoms with van der Waals surface area (Å²) in [6.07, 6.45) is 3.72. The summed E-state index contributed by atoms with van der Waals surface area (Å²) < 4.78 is 5.36. The summed E-state index contributed by atoms with van der Waals surface area (Å²) in [5.41, 5.74) is 0.547. The van der Waals surface area contributed by atoms with Crippen molar-refractivity contribution in [3.8, 4) is 10.8 Å². The summed E-state index contributed by atoms with van der Waals surface area (Å²) in [4.78, 5) is 28.4. The van der Waals surface area contributed by atoms with Crippen molar-refractivity contribution in [3.63, 3.8) is 0 Å². The SMILES string of the molecule is O=C(Cc1coc(-c2cccs2)n1)N[C@H]1CCC[C@H]1C(=O)O. The molecule has 1 aliphatic carbocycles. The first-order valence-corrected chi connectivity index (χ1v) is 8.02. The first-order valence-electron chi connectivity index (χ1n) is 7.14. The maximum Gasteiger partial charge on any atom is 0.308 e. The number of nitrogens with one attached hydrogen (secondary N) is 1. The summed E-state index contributed by atoms with van der Waals surface area (Å²) in [6.45, 7) is 0. The van der Waals surface area contributed by atoms with Gasteiger partial charge in [-0.25, -0.2) is 4.98 Å². The van der Waals surface area contributed by atoms with E-state index in [-0.39, 0.29) is 18.4 Å². The fraction of sp³-hybridized carbons (Fsp3) is 0.400. The van der Waals surface area contributed by atoms with Crippen molar-refractivity contribution in [1.82, 2.24) is 10.3 Å². The van der Waals surface area contributed by atoms with Gasteiger partial charge in [0.05, 0.1) is 22.9 Å². The van der Waals surface area contributed by atoms with Crippen molar-refractivity contribution in [2.45, 2.75) is 31.7 Å². The van der Waals surface area contributed by atoms with E-state index in [0.29, 0.717) is 24.4 Å². The highest BCUT2D eigenvalue weighted by Gasteiger charge is 2.33. The molecule has 2 aromatic heterocycles. The Kier molecular flexibility index (Phi) is 4.24. The molecule has 6 nitrogen and oxygen atoms in total. The van der Waals surface area contributed by atoms with Crippen LogP contribution in [-0.4, -0.2) is 28.0 Å². The van der Waals surface area contributed by atoms with E-state index in [1.165, 1.54) is 17.6 Å². The number of carboxylic acid groups (broad SMARTS) is 1. The molecule has 1 fully saturated rings. The number of aromatic nitrogens is 1. The summed E-state index contributed by atoms with van der Waals surface area (Å²) >= 11 is 1.52. The largest absolute Gasteiger partial charge is 0.481 e. The van der Waals surface area contributed by atoms with E-state index in [1.54, 1.807) is 0 Å². The second-order valence-corrected chi connectivity index (χ2v) is 6.30. The lowest BCUT2D eigenvalue weighted by molar-refractivity contribution is -0.142. The van der Waals surface area contributed by atoms with Gasteiger partial charge in [0.15, 0.2) is 0 Å². The topological polar surface area (TPSA) is 92.4 Å². The smallest absolute Gasteiger partial charge is 0.308 e. The number of hydrogen-bond donors (Lipinski definition) is 2. The fourth-order valence-electron chi connectivity index (χ4n) is 2.75. The van der Waals surface area contributed by atoms with Crippen LogP contribution in [0.3, 0.4) is 0 Å². The second-order valence-electron chi connectivity index (χ2n) is 5.35. The first-order chi connectivity index (χ1) is 10.6. The zero-order valence-electron chi connectivity index (χ0n) is 11.8. The number of oxazole rings is 1. The highest BCUT2D eigenvalue weighted by molar-refractivity contribution is 7.13. The van der Waals surface area contributed by atoms with Crippen molar-refractivity contribution in [3.05, 3.63) is 29.5 Å². The highest BCUT2D eigenvalue weighted by Crippen LogP contribution is 2.26. The van der Waals surface area contributed by atoms with Crippen LogP contribution in [0.15, 0.2) is 28.2 Å². The Labute approximate surface area is 131 Å². The van der Waals surface area contributed by atoms with Gasteiger partial charge < -0.3 is 14.8 Å². The van der Waals surface area contributed by atoms with Crippen LogP contribution >= 0.6 is 11.3 Å². The molecule has 0 spiro atoms. The Hall–Kier alpha value is -2.15. The lowest BCUT2D eigenvalue weighted by Gasteiger charge is -2.17. The van der Waals surface area contributed by atoms with Crippen LogP contribution in [-0.2, 0) is 16.0 Å². The van der Waals surface area contributed by atoms with Crippen molar-refractivity contribution >= 4 is 23.2 Å². The average molecular weight is 320 g/mol. The molecule has 0 aliphatic heterocycles. The summed E-state index contributed by atoms with van der Waals surface area (Å²) in [6, 6.07) is 3.52. The van der Waals surface area contributed by atoms with Crippen LogP contribution in [0.4, 0.5) is 0 Å². The molecule has 1 amide bonds. The van der Waals surface area contributed by atoms with E-state index in [9.17, 15) is 9.59 Å². The van der Waals surface area contributed by atoms with Crippen LogP contribution < -0.4 is 5.32 Å². The number of amides is 1. The van der Waals surface area contributed by atoms with Gasteiger partial charge in [-0.05, 0) is 24.3 Å². The number of carbonyl (C=O) groups is 2. The molecule has 0 bridgehead atoms. The Morgan fingerprint density at radius 2 is 2.32 bits per heavy atom. The maximum atomic E-state index is 12.0. The predicted octanol–water partition coefficient (Wildman–Crippen LogP) is 2.32. The minimum absolute atomic E-state index is 0.0950. The molecule has 0 unspecified atom stereocenters. The predicted molar refractivity (Wildman–Crippen MR) is 80.4 cm³/mol. The van der Waals surface area contributed by atoms with E-state index in [2.05, 4.69) is 10.3 Å². The maximum absolute atomic E-state index is 12.0. The van der Waals surface area contributed by atoms with Crippen LogP contribution in [0, 0.1) is 5.92 Å². The minimum atomic E-state index is -0.843. The van der Waals surface area contributed by atoms with E-state index in [1.807, 2.05) is 17.5 Å². The molecule has 1 aliphatic rings. The monoisotopic (exact) mass is 320 g/mol. The number of aliphatic carboxylic acids is 1. The van der Waals surface area contributed by atoms with E-state index in [0.717, 1.165) is 11.3 Å². The molecule has 2 N–H and O–H groups in total. The molecule has 2 atom stereocenters. The van der Waals surface area contributed by atoms with Crippen LogP contribution in [0.25, 0.3) is 10.8 Å². The quantitative estimate of drug-likeness (QED) is 0.882. The second kappa shape index (κ2) is 6.31. The Bertz CT molecular complexity index is 665. The first kappa shape index (κ1) is 14.8. The van der Waals surface area contributed by atoms with E-state index in [4.69, 9.17) is 9.52 Å². The van der Waals surface area contributed by atoms with E-state index < -0.39 is 11.9 Å². The Morgan fingerprint density at radius 1 is 1.45 bits per heavy atom. The number of carboxylic acids is 1. The third kappa shape index (κ3) is 3.19. The molecule has 7 heteroatoms. The molecule has 0 aromatic carbocycles. The highest BCUT2D eigenvalue weighted by atomic mass is 32.1. The zero-order chi connectivity index (χ0) is 15.5. The normalized spacial score (nSPS) is 20.9. The van der Waals surface area contributed by atoms with Crippen LogP contribution in [0.5, 0.6) is 0 Å². The number of rotatable bonds is 5. The zero-order valence-corrected chi connectivity index (χ0v) is 12.6. The van der Waals surface area contributed by atoms with Gasteiger partial charge in [-0.15, -0.1) is 11.3 Å². The van der Waals surface area contributed by atoms with Gasteiger partial charge in [0.2, 0.25) is 11.8 Å². The average Bonchev–Trinajstić information content (AvgIpc) is 3.18. The molecule has 22 heavy (non-hydrogen) atoms. The number of nitrogens with zero attached hydrogens (tertiary/aromatic N) is 1. The van der Waals surface area contributed by atoms with Gasteiger partial charge in [-0.1, -0.05) is 12.5 Å². The van der Waals surface area contributed by atoms with Crippen molar-refractivity contribution in [2.24, 2.45) is 5.92 Å². The molecule has 2 aromatic rings. The number of thiophene rings is 1. The standard InChI is InChI=1S/C15H16N2O4S/c18-13(17-11-4-1-3-10(11)15(19)20)7-9-8-21-14(16-9)12-5-2-6-22-12/h2,5-6,8,10-11H,1,3-4,7H2,(H,17,18)(H,19,20)/t10-,11+/m1/s1. The molecule has 3 rings (SSSR count). The number of carbonyl (C=O) groups excluding carboxylic acids is 1. The van der Waals surface area contributed by atoms with Crippen molar-refractivity contribution in [2.75, 3.05) is 0 Å². The lowest BCUT2D eigenvalue weighted by atomic mass is 10.0. The Balaban J connectivity index is 1.59. The molecule has 1 saturated carbocycles. The molecule has 116 valence electrons. The fourth-order valence-corrected chi connectivity index (χ4v) is 3.41. The molecule has 2 heterocycles. The summed E-state index contributed by atoms with van der Waals surface area (Å²) in [5, 5.41) is 13.9. The third-order valence-electron chi connectivity index (χ3n) is 3.80. The van der Waals surface area contributed by atoms with Crippen molar-refractivity contribution in [1.29, 1.82) is 0 Å². The molecular weight excluding hydrogens is 304 g/mol. The van der Waals surface area contributed by atoms with Gasteiger partial charge in [-0.3, -0.25) is 9.59 Å². The van der Waals surface area contributed by atoms with Gasteiger partial charge in [0, 0.05) is 6.04 Å².